The van der Waals surface area contributed by atoms with Crippen LogP contribution in [0, 0.1) is 0 Å². The van der Waals surface area contributed by atoms with Crippen molar-refractivity contribution in [3.63, 3.8) is 0 Å². The fraction of sp³-hybridized carbons (Fsp3) is 0.857. The standard InChI is InChI=1S/C14H27BrO2Si/c1-7-11(16)13-10(15)8-9-12(13)17-18(5,6)14(2,3)4/h11-12,16H,7-9H2,1-6H3. The van der Waals surface area contributed by atoms with E-state index in [2.05, 4.69) is 49.8 Å². The molecule has 0 radical (unpaired) electrons. The van der Waals surface area contributed by atoms with Gasteiger partial charge < -0.3 is 9.53 Å². The first-order valence-corrected chi connectivity index (χ1v) is 10.5. The molecule has 0 aromatic rings. The zero-order chi connectivity index (χ0) is 14.1. The monoisotopic (exact) mass is 334 g/mol. The van der Waals surface area contributed by atoms with Crippen LogP contribution in [0.25, 0.3) is 0 Å². The van der Waals surface area contributed by atoms with Crippen molar-refractivity contribution < 1.29 is 9.53 Å². The van der Waals surface area contributed by atoms with Gasteiger partial charge in [-0.15, -0.1) is 0 Å². The van der Waals surface area contributed by atoms with E-state index in [1.54, 1.807) is 0 Å². The zero-order valence-corrected chi connectivity index (χ0v) is 15.1. The highest BCUT2D eigenvalue weighted by Gasteiger charge is 2.41. The van der Waals surface area contributed by atoms with Gasteiger partial charge in [-0.2, -0.15) is 0 Å². The molecule has 0 saturated carbocycles. The van der Waals surface area contributed by atoms with Gasteiger partial charge in [0, 0.05) is 0 Å². The van der Waals surface area contributed by atoms with Crippen LogP contribution in [-0.2, 0) is 4.43 Å². The Labute approximate surface area is 121 Å². The van der Waals surface area contributed by atoms with Crippen LogP contribution in [0.3, 0.4) is 0 Å². The maximum absolute atomic E-state index is 10.1. The molecule has 1 aliphatic carbocycles. The molecule has 2 unspecified atom stereocenters. The summed E-state index contributed by atoms with van der Waals surface area (Å²) < 4.78 is 7.61. The maximum Gasteiger partial charge on any atom is 0.192 e. The molecule has 1 N–H and O–H groups in total. The number of halogens is 1. The van der Waals surface area contributed by atoms with Crippen LogP contribution < -0.4 is 0 Å². The van der Waals surface area contributed by atoms with Crippen LogP contribution in [0.5, 0.6) is 0 Å². The average Bonchev–Trinajstić information content (AvgIpc) is 2.56. The van der Waals surface area contributed by atoms with Crippen LogP contribution in [0.4, 0.5) is 0 Å². The van der Waals surface area contributed by atoms with Gasteiger partial charge in [-0.25, -0.2) is 0 Å². The van der Waals surface area contributed by atoms with Crippen molar-refractivity contribution in [2.24, 2.45) is 0 Å². The van der Waals surface area contributed by atoms with Crippen molar-refractivity contribution in [1.82, 2.24) is 0 Å². The molecular weight excluding hydrogens is 308 g/mol. The minimum Gasteiger partial charge on any atom is -0.410 e. The first kappa shape index (κ1) is 16.4. The fourth-order valence-electron chi connectivity index (χ4n) is 2.00. The Balaban J connectivity index is 2.86. The molecule has 1 aliphatic rings. The van der Waals surface area contributed by atoms with Crippen LogP contribution >= 0.6 is 15.9 Å². The number of hydrogen-bond donors (Lipinski definition) is 1. The molecule has 2 nitrogen and oxygen atoms in total. The lowest BCUT2D eigenvalue weighted by atomic mass is 10.1. The summed E-state index contributed by atoms with van der Waals surface area (Å²) in [6.45, 7) is 13.3. The van der Waals surface area contributed by atoms with Crippen LogP contribution in [-0.4, -0.2) is 25.6 Å². The minimum atomic E-state index is -1.77. The number of allylic oxidation sites excluding steroid dienone is 1. The molecule has 106 valence electrons. The molecule has 2 atom stereocenters. The van der Waals surface area contributed by atoms with Gasteiger partial charge in [-0.05, 0) is 47.5 Å². The van der Waals surface area contributed by atoms with E-state index < -0.39 is 8.32 Å². The minimum absolute atomic E-state index is 0.107. The normalized spacial score (nSPS) is 23.7. The maximum atomic E-state index is 10.1. The molecule has 0 aromatic heterocycles. The van der Waals surface area contributed by atoms with Crippen molar-refractivity contribution in [3.05, 3.63) is 10.1 Å². The summed E-state index contributed by atoms with van der Waals surface area (Å²) in [6.07, 6.45) is 2.49. The summed E-state index contributed by atoms with van der Waals surface area (Å²) in [4.78, 5) is 0. The van der Waals surface area contributed by atoms with E-state index in [0.29, 0.717) is 0 Å². The number of aliphatic hydroxyl groups is 1. The lowest BCUT2D eigenvalue weighted by molar-refractivity contribution is 0.148. The lowest BCUT2D eigenvalue weighted by Crippen LogP contribution is -2.44. The Morgan fingerprint density at radius 1 is 1.44 bits per heavy atom. The van der Waals surface area contributed by atoms with Crippen molar-refractivity contribution in [3.8, 4) is 0 Å². The summed E-state index contributed by atoms with van der Waals surface area (Å²) in [5, 5.41) is 10.4. The third kappa shape index (κ3) is 3.47. The van der Waals surface area contributed by atoms with E-state index in [1.165, 1.54) is 0 Å². The Kier molecular flexibility index (Phi) is 5.27. The van der Waals surface area contributed by atoms with E-state index in [-0.39, 0.29) is 17.2 Å². The van der Waals surface area contributed by atoms with Crippen molar-refractivity contribution >= 4 is 24.2 Å². The predicted molar refractivity (Wildman–Crippen MR) is 83.6 cm³/mol. The number of hydrogen-bond acceptors (Lipinski definition) is 2. The van der Waals surface area contributed by atoms with Crippen molar-refractivity contribution in [2.75, 3.05) is 0 Å². The number of rotatable bonds is 4. The zero-order valence-electron chi connectivity index (χ0n) is 12.5. The summed E-state index contributed by atoms with van der Waals surface area (Å²) in [5.74, 6) is 0. The Morgan fingerprint density at radius 2 is 2.00 bits per heavy atom. The van der Waals surface area contributed by atoms with Gasteiger partial charge in [-0.1, -0.05) is 43.6 Å². The highest BCUT2D eigenvalue weighted by atomic mass is 79.9. The van der Waals surface area contributed by atoms with Crippen molar-refractivity contribution in [1.29, 1.82) is 0 Å². The third-order valence-corrected chi connectivity index (χ3v) is 9.62. The fourth-order valence-corrected chi connectivity index (χ4v) is 4.06. The van der Waals surface area contributed by atoms with Crippen LogP contribution in [0.15, 0.2) is 10.1 Å². The molecule has 0 aliphatic heterocycles. The summed E-state index contributed by atoms with van der Waals surface area (Å²) in [6, 6.07) is 0. The Hall–Kier alpha value is 0.357. The predicted octanol–water partition coefficient (Wildman–Crippen LogP) is 4.59. The molecule has 0 bridgehead atoms. The van der Waals surface area contributed by atoms with E-state index in [4.69, 9.17) is 4.43 Å². The summed E-state index contributed by atoms with van der Waals surface area (Å²) in [7, 11) is -1.77. The Bertz CT molecular complexity index is 331. The van der Waals surface area contributed by atoms with Crippen molar-refractivity contribution in [2.45, 2.75) is 77.3 Å². The van der Waals surface area contributed by atoms with E-state index >= 15 is 0 Å². The first-order valence-electron chi connectivity index (χ1n) is 6.84. The second kappa shape index (κ2) is 5.78. The van der Waals surface area contributed by atoms with E-state index in [1.807, 2.05) is 6.92 Å². The first-order chi connectivity index (χ1) is 8.10. The van der Waals surface area contributed by atoms with Gasteiger partial charge in [-0.3, -0.25) is 0 Å². The molecule has 0 heterocycles. The molecule has 0 spiro atoms. The number of aliphatic hydroxyl groups excluding tert-OH is 1. The Morgan fingerprint density at radius 3 is 2.44 bits per heavy atom. The van der Waals surface area contributed by atoms with Gasteiger partial charge in [0.2, 0.25) is 0 Å². The van der Waals surface area contributed by atoms with Gasteiger partial charge in [0.25, 0.3) is 0 Å². The molecule has 0 fully saturated rings. The molecule has 4 heteroatoms. The summed E-state index contributed by atoms with van der Waals surface area (Å²) in [5.41, 5.74) is 1.09. The molecule has 1 rings (SSSR count). The largest absolute Gasteiger partial charge is 0.410 e. The average molecular weight is 335 g/mol. The van der Waals surface area contributed by atoms with Gasteiger partial charge >= 0.3 is 0 Å². The summed E-state index contributed by atoms with van der Waals surface area (Å²) >= 11 is 3.60. The van der Waals surface area contributed by atoms with E-state index in [0.717, 1.165) is 29.3 Å². The highest BCUT2D eigenvalue weighted by molar-refractivity contribution is 9.11. The lowest BCUT2D eigenvalue weighted by Gasteiger charge is -2.39. The second-order valence-corrected chi connectivity index (χ2v) is 12.4. The van der Waals surface area contributed by atoms with Gasteiger partial charge in [0.05, 0.1) is 12.2 Å². The topological polar surface area (TPSA) is 29.5 Å². The van der Waals surface area contributed by atoms with Crippen LogP contribution in [0.1, 0.15) is 47.0 Å². The van der Waals surface area contributed by atoms with Gasteiger partial charge in [0.15, 0.2) is 8.32 Å². The van der Waals surface area contributed by atoms with E-state index in [9.17, 15) is 5.11 Å². The highest BCUT2D eigenvalue weighted by Crippen LogP contribution is 2.42. The second-order valence-electron chi connectivity index (χ2n) is 6.69. The van der Waals surface area contributed by atoms with Gasteiger partial charge in [0.1, 0.15) is 0 Å². The smallest absolute Gasteiger partial charge is 0.192 e. The molecule has 0 saturated heterocycles. The molecular formula is C14H27BrO2Si. The molecule has 0 amide bonds. The van der Waals surface area contributed by atoms with Crippen LogP contribution in [0.2, 0.25) is 18.1 Å². The third-order valence-electron chi connectivity index (χ3n) is 4.27. The quantitative estimate of drug-likeness (QED) is 0.762. The molecule has 18 heavy (non-hydrogen) atoms. The molecule has 0 aromatic carbocycles. The SMILES string of the molecule is CCC(O)C1=C(Br)CCC1O[Si](C)(C)C(C)(C)C.